The summed E-state index contributed by atoms with van der Waals surface area (Å²) < 4.78 is 11.6. The maximum Gasteiger partial charge on any atom is 0.224 e. The van der Waals surface area contributed by atoms with Gasteiger partial charge in [0, 0.05) is 6.92 Å². The number of carbonyl (C=O) groups excluding carboxylic acids is 1. The van der Waals surface area contributed by atoms with Gasteiger partial charge in [0.15, 0.2) is 0 Å². The average molecular weight is 277 g/mol. The van der Waals surface area contributed by atoms with Crippen molar-refractivity contribution in [2.24, 2.45) is 0 Å². The van der Waals surface area contributed by atoms with Gasteiger partial charge in [-0.3, -0.25) is 4.79 Å². The fourth-order valence-electron chi connectivity index (χ4n) is 2.41. The Kier molecular flexibility index (Phi) is 5.01. The molecule has 0 fully saturated rings. The van der Waals surface area contributed by atoms with Crippen molar-refractivity contribution in [3.63, 3.8) is 0 Å². The van der Waals surface area contributed by atoms with Crippen LogP contribution in [0.15, 0.2) is 18.2 Å². The maximum absolute atomic E-state index is 11.9. The molecule has 0 aromatic heterocycles. The second kappa shape index (κ2) is 6.75. The Bertz CT molecular complexity index is 473. The summed E-state index contributed by atoms with van der Waals surface area (Å²) in [5, 5.41) is 0. The number of carbonyl (C=O) groups is 1. The van der Waals surface area contributed by atoms with Crippen LogP contribution in [0.1, 0.15) is 39.2 Å². The second-order valence-corrected chi connectivity index (χ2v) is 5.02. The van der Waals surface area contributed by atoms with Crippen molar-refractivity contribution in [2.45, 2.75) is 46.3 Å². The van der Waals surface area contributed by atoms with E-state index >= 15 is 0 Å². The van der Waals surface area contributed by atoms with Gasteiger partial charge in [0.05, 0.1) is 18.8 Å². The van der Waals surface area contributed by atoms with Gasteiger partial charge in [-0.2, -0.15) is 0 Å². The van der Waals surface area contributed by atoms with E-state index in [1.165, 1.54) is 0 Å². The van der Waals surface area contributed by atoms with Gasteiger partial charge in [-0.05, 0) is 24.5 Å². The van der Waals surface area contributed by atoms with Gasteiger partial charge in [0.2, 0.25) is 12.2 Å². The summed E-state index contributed by atoms with van der Waals surface area (Å²) in [5.41, 5.74) is 2.03. The minimum absolute atomic E-state index is 0.0274. The highest BCUT2D eigenvalue weighted by Gasteiger charge is 2.30. The van der Waals surface area contributed by atoms with Crippen LogP contribution in [-0.4, -0.2) is 25.3 Å². The molecule has 1 unspecified atom stereocenters. The lowest BCUT2D eigenvalue weighted by Crippen LogP contribution is -2.44. The summed E-state index contributed by atoms with van der Waals surface area (Å²) in [6.07, 6.45) is 2.59. The van der Waals surface area contributed by atoms with Crippen molar-refractivity contribution in [2.75, 3.05) is 18.1 Å². The number of benzene rings is 1. The molecule has 0 bridgehead atoms. The topological polar surface area (TPSA) is 38.8 Å². The number of anilines is 1. The lowest BCUT2D eigenvalue weighted by atomic mass is 10.1. The Hall–Kier alpha value is -1.55. The van der Waals surface area contributed by atoms with E-state index in [4.69, 9.17) is 9.47 Å². The molecule has 4 nitrogen and oxygen atoms in total. The number of rotatable bonds is 5. The van der Waals surface area contributed by atoms with Gasteiger partial charge in [0.25, 0.3) is 0 Å². The minimum Gasteiger partial charge on any atom is -0.461 e. The summed E-state index contributed by atoms with van der Waals surface area (Å²) in [5.74, 6) is 0.770. The fraction of sp³-hybridized carbons (Fsp3) is 0.562. The molecule has 1 amide bonds. The molecule has 1 aliphatic heterocycles. The van der Waals surface area contributed by atoms with Gasteiger partial charge < -0.3 is 14.4 Å². The molecule has 0 saturated carbocycles. The SMILES string of the molecule is CCCCOC1CN(C(C)=O)c2c(CC)cccc2O1. The lowest BCUT2D eigenvalue weighted by Gasteiger charge is -2.35. The predicted octanol–water partition coefficient (Wildman–Crippen LogP) is 3.14. The first-order valence-corrected chi connectivity index (χ1v) is 7.35. The third-order valence-electron chi connectivity index (χ3n) is 3.51. The minimum atomic E-state index is -0.370. The molecule has 0 N–H and O–H groups in total. The number of nitrogens with zero attached hydrogens (tertiary/aromatic N) is 1. The van der Waals surface area contributed by atoms with E-state index in [2.05, 4.69) is 13.8 Å². The first kappa shape index (κ1) is 14.9. The van der Waals surface area contributed by atoms with Gasteiger partial charge in [-0.1, -0.05) is 32.4 Å². The van der Waals surface area contributed by atoms with E-state index in [0.29, 0.717) is 13.2 Å². The van der Waals surface area contributed by atoms with Crippen molar-refractivity contribution in [1.82, 2.24) is 0 Å². The fourth-order valence-corrected chi connectivity index (χ4v) is 2.41. The van der Waals surface area contributed by atoms with Crippen LogP contribution in [0.3, 0.4) is 0 Å². The van der Waals surface area contributed by atoms with Crippen molar-refractivity contribution in [3.8, 4) is 5.75 Å². The van der Waals surface area contributed by atoms with Crippen LogP contribution in [0, 0.1) is 0 Å². The standard InChI is InChI=1S/C16H23NO3/c1-4-6-10-19-15-11-17(12(3)18)16-13(5-2)8-7-9-14(16)20-15/h7-9,15H,4-6,10-11H2,1-3H3. The first-order valence-electron chi connectivity index (χ1n) is 7.35. The molecule has 4 heteroatoms. The monoisotopic (exact) mass is 277 g/mol. The summed E-state index contributed by atoms with van der Waals surface area (Å²) >= 11 is 0. The second-order valence-electron chi connectivity index (χ2n) is 5.02. The van der Waals surface area contributed by atoms with Crippen LogP contribution in [0.2, 0.25) is 0 Å². The number of fused-ring (bicyclic) bond motifs is 1. The van der Waals surface area contributed by atoms with E-state index in [-0.39, 0.29) is 12.2 Å². The number of hydrogen-bond donors (Lipinski definition) is 0. The number of unbranched alkanes of at least 4 members (excludes halogenated alkanes) is 1. The first-order chi connectivity index (χ1) is 9.67. The molecule has 1 aromatic rings. The number of para-hydroxylation sites is 1. The van der Waals surface area contributed by atoms with Gasteiger partial charge >= 0.3 is 0 Å². The van der Waals surface area contributed by atoms with E-state index in [9.17, 15) is 4.79 Å². The van der Waals surface area contributed by atoms with Crippen LogP contribution in [0.4, 0.5) is 5.69 Å². The Morgan fingerprint density at radius 1 is 1.45 bits per heavy atom. The summed E-state index contributed by atoms with van der Waals surface area (Å²) in [6, 6.07) is 5.90. The van der Waals surface area contributed by atoms with E-state index in [0.717, 1.165) is 36.3 Å². The number of ether oxygens (including phenoxy) is 2. The number of hydrogen-bond acceptors (Lipinski definition) is 3. The molecular weight excluding hydrogens is 254 g/mol. The van der Waals surface area contributed by atoms with Crippen LogP contribution in [-0.2, 0) is 16.0 Å². The molecule has 1 heterocycles. The quantitative estimate of drug-likeness (QED) is 0.776. The van der Waals surface area contributed by atoms with Crippen LogP contribution < -0.4 is 9.64 Å². The molecule has 1 atom stereocenters. The highest BCUT2D eigenvalue weighted by atomic mass is 16.7. The predicted molar refractivity (Wildman–Crippen MR) is 79.1 cm³/mol. The zero-order valence-corrected chi connectivity index (χ0v) is 12.5. The molecule has 0 saturated heterocycles. The van der Waals surface area contributed by atoms with Crippen molar-refractivity contribution >= 4 is 11.6 Å². The van der Waals surface area contributed by atoms with Crippen molar-refractivity contribution in [3.05, 3.63) is 23.8 Å². The average Bonchev–Trinajstić information content (AvgIpc) is 2.45. The zero-order chi connectivity index (χ0) is 14.5. The molecular formula is C16H23NO3. The van der Waals surface area contributed by atoms with Gasteiger partial charge in [-0.15, -0.1) is 0 Å². The molecule has 0 spiro atoms. The Labute approximate surface area is 120 Å². The third-order valence-corrected chi connectivity index (χ3v) is 3.51. The Morgan fingerprint density at radius 3 is 2.90 bits per heavy atom. The summed E-state index contributed by atoms with van der Waals surface area (Å²) in [4.78, 5) is 13.7. The van der Waals surface area contributed by atoms with Crippen molar-refractivity contribution < 1.29 is 14.3 Å². The third kappa shape index (κ3) is 3.12. The molecule has 1 aliphatic rings. The normalized spacial score (nSPS) is 17.6. The van der Waals surface area contributed by atoms with Crippen LogP contribution in [0.25, 0.3) is 0 Å². The van der Waals surface area contributed by atoms with E-state index in [1.807, 2.05) is 18.2 Å². The lowest BCUT2D eigenvalue weighted by molar-refractivity contribution is -0.120. The molecule has 110 valence electrons. The molecule has 2 rings (SSSR count). The summed E-state index contributed by atoms with van der Waals surface area (Å²) in [7, 11) is 0. The molecule has 20 heavy (non-hydrogen) atoms. The molecule has 1 aromatic carbocycles. The maximum atomic E-state index is 11.9. The smallest absolute Gasteiger partial charge is 0.224 e. The highest BCUT2D eigenvalue weighted by molar-refractivity contribution is 5.94. The van der Waals surface area contributed by atoms with E-state index in [1.54, 1.807) is 11.8 Å². The summed E-state index contributed by atoms with van der Waals surface area (Å²) in [6.45, 7) is 6.91. The molecule has 0 aliphatic carbocycles. The zero-order valence-electron chi connectivity index (χ0n) is 12.5. The number of amides is 1. The van der Waals surface area contributed by atoms with Gasteiger partial charge in [-0.25, -0.2) is 0 Å². The Balaban J connectivity index is 2.23. The van der Waals surface area contributed by atoms with Gasteiger partial charge in [0.1, 0.15) is 5.75 Å². The van der Waals surface area contributed by atoms with Crippen LogP contribution in [0.5, 0.6) is 5.75 Å². The van der Waals surface area contributed by atoms with E-state index < -0.39 is 0 Å². The number of aryl methyl sites for hydroxylation is 1. The molecule has 0 radical (unpaired) electrons. The largest absolute Gasteiger partial charge is 0.461 e. The highest BCUT2D eigenvalue weighted by Crippen LogP contribution is 2.37. The Morgan fingerprint density at radius 2 is 2.25 bits per heavy atom. The van der Waals surface area contributed by atoms with Crippen LogP contribution >= 0.6 is 0 Å². The van der Waals surface area contributed by atoms with Crippen molar-refractivity contribution in [1.29, 1.82) is 0 Å².